The zero-order valence-electron chi connectivity index (χ0n) is 18.7. The molecule has 0 spiro atoms. The number of hydrogen-bond acceptors (Lipinski definition) is 4. The highest BCUT2D eigenvalue weighted by Gasteiger charge is 2.38. The van der Waals surface area contributed by atoms with E-state index in [9.17, 15) is 19.5 Å². The van der Waals surface area contributed by atoms with Gasteiger partial charge in [-0.25, -0.2) is 9.59 Å². The molecule has 3 N–H and O–H groups in total. The van der Waals surface area contributed by atoms with Crippen LogP contribution in [0.25, 0.3) is 11.1 Å². The van der Waals surface area contributed by atoms with Gasteiger partial charge in [0.05, 0.1) is 5.56 Å². The number of rotatable bonds is 7. The number of benzene rings is 3. The Balaban J connectivity index is 1.25. The van der Waals surface area contributed by atoms with Crippen molar-refractivity contribution in [2.75, 3.05) is 11.9 Å². The zero-order valence-corrected chi connectivity index (χ0v) is 19.4. The number of carboxylic acid groups (broad SMARTS) is 1. The number of hydrogen-bond donors (Lipinski definition) is 3. The largest absolute Gasteiger partial charge is 0.478 e. The lowest BCUT2D eigenvalue weighted by Gasteiger charge is -2.19. The van der Waals surface area contributed by atoms with E-state index in [1.54, 1.807) is 0 Å². The van der Waals surface area contributed by atoms with Crippen LogP contribution in [0, 0.1) is 5.92 Å². The van der Waals surface area contributed by atoms with E-state index in [0.717, 1.165) is 35.1 Å². The van der Waals surface area contributed by atoms with Crippen LogP contribution >= 0.6 is 11.6 Å². The van der Waals surface area contributed by atoms with Crippen molar-refractivity contribution in [1.29, 1.82) is 0 Å². The highest BCUT2D eigenvalue weighted by atomic mass is 35.5. The number of carbonyl (C=O) groups excluding carboxylic acids is 2. The van der Waals surface area contributed by atoms with Gasteiger partial charge < -0.3 is 20.5 Å². The molecule has 3 aromatic carbocycles. The normalized spacial score (nSPS) is 15.0. The summed E-state index contributed by atoms with van der Waals surface area (Å²) in [5.41, 5.74) is 4.69. The molecule has 0 aromatic heterocycles. The molecule has 8 heteroatoms. The first kappa shape index (κ1) is 22.9. The third-order valence-corrected chi connectivity index (χ3v) is 6.62. The second kappa shape index (κ2) is 9.43. The van der Waals surface area contributed by atoms with E-state index >= 15 is 0 Å². The predicted molar refractivity (Wildman–Crippen MR) is 132 cm³/mol. The minimum absolute atomic E-state index is 0.00592. The highest BCUT2D eigenvalue weighted by molar-refractivity contribution is 6.31. The van der Waals surface area contributed by atoms with Gasteiger partial charge in [-0.1, -0.05) is 60.1 Å². The summed E-state index contributed by atoms with van der Waals surface area (Å²) in [6.07, 6.45) is 0.936. The van der Waals surface area contributed by atoms with E-state index < -0.39 is 24.0 Å². The first-order valence-electron chi connectivity index (χ1n) is 11.4. The number of aromatic carboxylic acids is 1. The molecule has 2 aliphatic carbocycles. The Morgan fingerprint density at radius 1 is 0.971 bits per heavy atom. The molecule has 0 heterocycles. The molecule has 0 radical (unpaired) electrons. The number of carbonyl (C=O) groups is 3. The maximum absolute atomic E-state index is 12.9. The summed E-state index contributed by atoms with van der Waals surface area (Å²) < 4.78 is 5.59. The number of carboxylic acids is 1. The maximum Gasteiger partial charge on any atom is 0.407 e. The smallest absolute Gasteiger partial charge is 0.407 e. The van der Waals surface area contributed by atoms with Crippen molar-refractivity contribution in [3.63, 3.8) is 0 Å². The van der Waals surface area contributed by atoms with E-state index in [1.165, 1.54) is 18.2 Å². The SMILES string of the molecule is O=C(NC(C(=O)Nc1cc(Cl)cc(C(=O)O)c1)C1CC1)OCC1c2ccccc2-c2ccccc21. The lowest BCUT2D eigenvalue weighted by molar-refractivity contribution is -0.118. The van der Waals surface area contributed by atoms with E-state index in [-0.39, 0.29) is 34.7 Å². The molecule has 0 bridgehead atoms. The summed E-state index contributed by atoms with van der Waals surface area (Å²) in [6.45, 7) is 0.148. The molecule has 2 amide bonds. The summed E-state index contributed by atoms with van der Waals surface area (Å²) in [5, 5.41) is 14.8. The van der Waals surface area contributed by atoms with Crippen molar-refractivity contribution in [2.45, 2.75) is 24.8 Å². The van der Waals surface area contributed by atoms with Crippen LogP contribution in [0.5, 0.6) is 0 Å². The maximum atomic E-state index is 12.9. The number of alkyl carbamates (subject to hydrolysis) is 1. The van der Waals surface area contributed by atoms with Gasteiger partial charge in [0.1, 0.15) is 12.6 Å². The summed E-state index contributed by atoms with van der Waals surface area (Å²) in [6, 6.07) is 19.4. The molecule has 178 valence electrons. The van der Waals surface area contributed by atoms with Crippen LogP contribution in [0.4, 0.5) is 10.5 Å². The third kappa shape index (κ3) is 4.86. The Bertz CT molecular complexity index is 1270. The van der Waals surface area contributed by atoms with Crippen LogP contribution < -0.4 is 10.6 Å². The third-order valence-electron chi connectivity index (χ3n) is 6.41. The molecule has 0 saturated heterocycles. The van der Waals surface area contributed by atoms with Gasteiger partial charge in [-0.15, -0.1) is 0 Å². The average molecular weight is 491 g/mol. The van der Waals surface area contributed by atoms with Gasteiger partial charge in [0.25, 0.3) is 0 Å². The number of anilines is 1. The van der Waals surface area contributed by atoms with Crippen molar-refractivity contribution < 1.29 is 24.2 Å². The number of ether oxygens (including phenoxy) is 1. The van der Waals surface area contributed by atoms with Gasteiger partial charge in [-0.2, -0.15) is 0 Å². The molecule has 2 aliphatic rings. The van der Waals surface area contributed by atoms with Crippen molar-refractivity contribution in [3.05, 3.63) is 88.4 Å². The molecule has 0 aliphatic heterocycles. The van der Waals surface area contributed by atoms with Crippen LogP contribution in [-0.2, 0) is 9.53 Å². The molecular formula is C27H23ClN2O5. The first-order valence-corrected chi connectivity index (χ1v) is 11.7. The van der Waals surface area contributed by atoms with Crippen molar-refractivity contribution >= 4 is 35.3 Å². The molecule has 1 atom stereocenters. The van der Waals surface area contributed by atoms with Gasteiger partial charge in [-0.3, -0.25) is 4.79 Å². The molecule has 3 aromatic rings. The minimum Gasteiger partial charge on any atom is -0.478 e. The Morgan fingerprint density at radius 2 is 1.60 bits per heavy atom. The van der Waals surface area contributed by atoms with Gasteiger partial charge in [0, 0.05) is 16.6 Å². The van der Waals surface area contributed by atoms with Crippen LogP contribution in [0.1, 0.15) is 40.2 Å². The van der Waals surface area contributed by atoms with Crippen molar-refractivity contribution in [2.24, 2.45) is 5.92 Å². The molecule has 7 nitrogen and oxygen atoms in total. The lowest BCUT2D eigenvalue weighted by Crippen LogP contribution is -2.45. The monoisotopic (exact) mass is 490 g/mol. The van der Waals surface area contributed by atoms with Crippen LogP contribution in [0.15, 0.2) is 66.7 Å². The molecule has 1 unspecified atom stereocenters. The fourth-order valence-corrected chi connectivity index (χ4v) is 4.83. The Morgan fingerprint density at radius 3 is 2.20 bits per heavy atom. The van der Waals surface area contributed by atoms with E-state index in [0.29, 0.717) is 0 Å². The van der Waals surface area contributed by atoms with Crippen LogP contribution in [0.2, 0.25) is 5.02 Å². The summed E-state index contributed by atoms with van der Waals surface area (Å²) in [5.74, 6) is -1.69. The molecule has 1 saturated carbocycles. The lowest BCUT2D eigenvalue weighted by atomic mass is 9.98. The Hall–Kier alpha value is -3.84. The van der Waals surface area contributed by atoms with Gasteiger partial charge >= 0.3 is 12.1 Å². The number of nitrogens with one attached hydrogen (secondary N) is 2. The Labute approximate surface area is 207 Å². The summed E-state index contributed by atoms with van der Waals surface area (Å²) in [4.78, 5) is 36.9. The van der Waals surface area contributed by atoms with E-state index in [1.807, 2.05) is 36.4 Å². The van der Waals surface area contributed by atoms with Gasteiger partial charge in [0.2, 0.25) is 5.91 Å². The second-order valence-electron chi connectivity index (χ2n) is 8.81. The number of fused-ring (bicyclic) bond motifs is 3. The molecule has 5 rings (SSSR count). The quantitative estimate of drug-likeness (QED) is 0.417. The zero-order chi connectivity index (χ0) is 24.5. The average Bonchev–Trinajstić information content (AvgIpc) is 3.63. The number of amides is 2. The minimum atomic E-state index is -1.15. The number of halogens is 1. The van der Waals surface area contributed by atoms with Gasteiger partial charge in [-0.05, 0) is 59.2 Å². The summed E-state index contributed by atoms with van der Waals surface area (Å²) >= 11 is 5.99. The molecular weight excluding hydrogens is 468 g/mol. The Kier molecular flexibility index (Phi) is 6.17. The topological polar surface area (TPSA) is 105 Å². The second-order valence-corrected chi connectivity index (χ2v) is 9.24. The van der Waals surface area contributed by atoms with Gasteiger partial charge in [0.15, 0.2) is 0 Å². The van der Waals surface area contributed by atoms with Crippen molar-refractivity contribution in [1.82, 2.24) is 5.32 Å². The molecule has 35 heavy (non-hydrogen) atoms. The molecule has 1 fully saturated rings. The van der Waals surface area contributed by atoms with Crippen LogP contribution in [-0.4, -0.2) is 35.7 Å². The van der Waals surface area contributed by atoms with Crippen molar-refractivity contribution in [3.8, 4) is 11.1 Å². The predicted octanol–water partition coefficient (Wildman–Crippen LogP) is 5.29. The fraction of sp³-hybridized carbons (Fsp3) is 0.222. The van der Waals surface area contributed by atoms with E-state index in [4.69, 9.17) is 16.3 Å². The fourth-order valence-electron chi connectivity index (χ4n) is 4.60. The highest BCUT2D eigenvalue weighted by Crippen LogP contribution is 2.44. The van der Waals surface area contributed by atoms with Crippen LogP contribution in [0.3, 0.4) is 0 Å². The summed E-state index contributed by atoms with van der Waals surface area (Å²) in [7, 11) is 0. The standard InChI is InChI=1S/C27H23ClN2O5/c28-17-11-16(26(32)33)12-18(13-17)29-25(31)24(15-9-10-15)30-27(34)35-14-23-21-7-3-1-5-19(21)20-6-2-4-8-22(20)23/h1-8,11-13,15,23-24H,9-10,14H2,(H,29,31)(H,30,34)(H,32,33). The van der Waals surface area contributed by atoms with E-state index in [2.05, 4.69) is 22.8 Å². The first-order chi connectivity index (χ1) is 16.9.